The summed E-state index contributed by atoms with van der Waals surface area (Å²) in [6.07, 6.45) is 2.84. The minimum atomic E-state index is 0.659. The minimum Gasteiger partial charge on any atom is -0.469 e. The minimum absolute atomic E-state index is 0.659. The van der Waals surface area contributed by atoms with Gasteiger partial charge in [-0.15, -0.1) is 0 Å². The number of hydrogen-bond acceptors (Lipinski definition) is 3. The molecule has 86 valence electrons. The Kier molecular flexibility index (Phi) is 4.85. The predicted molar refractivity (Wildman–Crippen MR) is 62.6 cm³/mol. The summed E-state index contributed by atoms with van der Waals surface area (Å²) in [5.41, 5.74) is 6.81. The molecule has 3 nitrogen and oxygen atoms in total. The Balaban J connectivity index is 2.36. The zero-order valence-corrected chi connectivity index (χ0v) is 9.99. The Morgan fingerprint density at radius 3 is 2.80 bits per heavy atom. The van der Waals surface area contributed by atoms with Crippen molar-refractivity contribution in [1.29, 1.82) is 0 Å². The Labute approximate surface area is 92.2 Å². The molecule has 0 radical (unpaired) electrons. The first-order chi connectivity index (χ1) is 7.13. The van der Waals surface area contributed by atoms with Gasteiger partial charge >= 0.3 is 0 Å². The SMILES string of the molecule is Cc1occc1CN(C)CC(C)CCN. The number of nitrogens with zero attached hydrogens (tertiary/aromatic N) is 1. The van der Waals surface area contributed by atoms with Crippen LogP contribution in [0.3, 0.4) is 0 Å². The van der Waals surface area contributed by atoms with Crippen molar-refractivity contribution in [2.75, 3.05) is 20.1 Å². The first-order valence-corrected chi connectivity index (χ1v) is 5.55. The third-order valence-corrected chi connectivity index (χ3v) is 2.69. The molecular formula is C12H22N2O. The Bertz CT molecular complexity index is 283. The van der Waals surface area contributed by atoms with Crippen LogP contribution in [0.25, 0.3) is 0 Å². The fraction of sp³-hybridized carbons (Fsp3) is 0.667. The lowest BCUT2D eigenvalue weighted by Crippen LogP contribution is -2.25. The highest BCUT2D eigenvalue weighted by atomic mass is 16.3. The van der Waals surface area contributed by atoms with Crippen LogP contribution < -0.4 is 5.73 Å². The molecule has 3 heteroatoms. The topological polar surface area (TPSA) is 42.4 Å². The maximum absolute atomic E-state index is 5.53. The second-order valence-electron chi connectivity index (χ2n) is 4.38. The van der Waals surface area contributed by atoms with Gasteiger partial charge in [0.05, 0.1) is 6.26 Å². The van der Waals surface area contributed by atoms with Gasteiger partial charge in [0.15, 0.2) is 0 Å². The standard InChI is InChI=1S/C12H22N2O/c1-10(4-6-13)8-14(3)9-12-5-7-15-11(12)2/h5,7,10H,4,6,8-9,13H2,1-3H3. The lowest BCUT2D eigenvalue weighted by atomic mass is 10.1. The van der Waals surface area contributed by atoms with Gasteiger partial charge in [-0.1, -0.05) is 6.92 Å². The predicted octanol–water partition coefficient (Wildman–Crippen LogP) is 2.00. The molecule has 1 atom stereocenters. The smallest absolute Gasteiger partial charge is 0.105 e. The van der Waals surface area contributed by atoms with Crippen molar-refractivity contribution in [3.8, 4) is 0 Å². The summed E-state index contributed by atoms with van der Waals surface area (Å²) in [6, 6.07) is 2.04. The second kappa shape index (κ2) is 5.93. The van der Waals surface area contributed by atoms with Crippen molar-refractivity contribution >= 4 is 0 Å². The molecule has 0 saturated carbocycles. The fourth-order valence-corrected chi connectivity index (χ4v) is 1.84. The van der Waals surface area contributed by atoms with Gasteiger partial charge in [0.25, 0.3) is 0 Å². The summed E-state index contributed by atoms with van der Waals surface area (Å²) in [7, 11) is 2.14. The molecule has 1 heterocycles. The molecule has 1 aromatic rings. The van der Waals surface area contributed by atoms with E-state index in [2.05, 4.69) is 18.9 Å². The highest BCUT2D eigenvalue weighted by Gasteiger charge is 2.08. The molecule has 1 rings (SSSR count). The van der Waals surface area contributed by atoms with Crippen molar-refractivity contribution in [2.45, 2.75) is 26.8 Å². The molecule has 15 heavy (non-hydrogen) atoms. The van der Waals surface area contributed by atoms with E-state index in [-0.39, 0.29) is 0 Å². The zero-order chi connectivity index (χ0) is 11.3. The molecule has 0 aliphatic carbocycles. The molecule has 0 amide bonds. The summed E-state index contributed by atoms with van der Waals surface area (Å²) in [5, 5.41) is 0. The maximum atomic E-state index is 5.53. The second-order valence-corrected chi connectivity index (χ2v) is 4.38. The average Bonchev–Trinajstić information content (AvgIpc) is 2.52. The van der Waals surface area contributed by atoms with Crippen LogP contribution in [0.5, 0.6) is 0 Å². The van der Waals surface area contributed by atoms with E-state index in [1.54, 1.807) is 6.26 Å². The van der Waals surface area contributed by atoms with E-state index in [0.29, 0.717) is 5.92 Å². The van der Waals surface area contributed by atoms with Crippen LogP contribution in [0, 0.1) is 12.8 Å². The van der Waals surface area contributed by atoms with E-state index in [9.17, 15) is 0 Å². The first kappa shape index (κ1) is 12.3. The van der Waals surface area contributed by atoms with Gasteiger partial charge in [0.2, 0.25) is 0 Å². The van der Waals surface area contributed by atoms with Crippen molar-refractivity contribution in [1.82, 2.24) is 4.90 Å². The van der Waals surface area contributed by atoms with E-state index in [1.807, 2.05) is 13.0 Å². The lowest BCUT2D eigenvalue weighted by molar-refractivity contribution is 0.271. The van der Waals surface area contributed by atoms with Crippen LogP contribution in [0.2, 0.25) is 0 Å². The van der Waals surface area contributed by atoms with Crippen LogP contribution >= 0.6 is 0 Å². The molecule has 2 N–H and O–H groups in total. The maximum Gasteiger partial charge on any atom is 0.105 e. The van der Waals surface area contributed by atoms with Gasteiger partial charge in [-0.05, 0) is 38.9 Å². The van der Waals surface area contributed by atoms with Crippen molar-refractivity contribution in [3.63, 3.8) is 0 Å². The highest BCUT2D eigenvalue weighted by Crippen LogP contribution is 2.12. The molecule has 0 fully saturated rings. The summed E-state index contributed by atoms with van der Waals surface area (Å²) < 4.78 is 5.27. The molecular weight excluding hydrogens is 188 g/mol. The van der Waals surface area contributed by atoms with Gasteiger partial charge in [0.1, 0.15) is 5.76 Å². The summed E-state index contributed by atoms with van der Waals surface area (Å²) in [6.45, 7) is 7.07. The Morgan fingerprint density at radius 2 is 2.27 bits per heavy atom. The molecule has 1 unspecified atom stereocenters. The van der Waals surface area contributed by atoms with E-state index < -0.39 is 0 Å². The van der Waals surface area contributed by atoms with Crippen LogP contribution in [-0.2, 0) is 6.54 Å². The third-order valence-electron chi connectivity index (χ3n) is 2.69. The normalized spacial score (nSPS) is 13.4. The van der Waals surface area contributed by atoms with Crippen LogP contribution in [0.4, 0.5) is 0 Å². The molecule has 0 spiro atoms. The highest BCUT2D eigenvalue weighted by molar-refractivity contribution is 5.14. The lowest BCUT2D eigenvalue weighted by Gasteiger charge is -2.20. The van der Waals surface area contributed by atoms with Gasteiger partial charge in [0, 0.05) is 18.7 Å². The first-order valence-electron chi connectivity index (χ1n) is 5.55. The Morgan fingerprint density at radius 1 is 1.53 bits per heavy atom. The van der Waals surface area contributed by atoms with Crippen LogP contribution in [-0.4, -0.2) is 25.0 Å². The van der Waals surface area contributed by atoms with Gasteiger partial charge in [-0.2, -0.15) is 0 Å². The summed E-state index contributed by atoms with van der Waals surface area (Å²) in [4.78, 5) is 2.32. The Hall–Kier alpha value is -0.800. The molecule has 0 aliphatic heterocycles. The van der Waals surface area contributed by atoms with E-state index in [1.165, 1.54) is 5.56 Å². The van der Waals surface area contributed by atoms with E-state index in [0.717, 1.165) is 31.8 Å². The van der Waals surface area contributed by atoms with E-state index in [4.69, 9.17) is 10.2 Å². The monoisotopic (exact) mass is 210 g/mol. The zero-order valence-electron chi connectivity index (χ0n) is 9.99. The number of nitrogens with two attached hydrogens (primary N) is 1. The fourth-order valence-electron chi connectivity index (χ4n) is 1.84. The molecule has 0 bridgehead atoms. The average molecular weight is 210 g/mol. The summed E-state index contributed by atoms with van der Waals surface area (Å²) in [5.74, 6) is 1.68. The molecule has 0 aromatic carbocycles. The molecule has 0 aliphatic rings. The summed E-state index contributed by atoms with van der Waals surface area (Å²) >= 11 is 0. The third kappa shape index (κ3) is 4.06. The van der Waals surface area contributed by atoms with Crippen molar-refractivity contribution < 1.29 is 4.42 Å². The molecule has 1 aromatic heterocycles. The van der Waals surface area contributed by atoms with Crippen LogP contribution in [0.15, 0.2) is 16.7 Å². The van der Waals surface area contributed by atoms with Gasteiger partial charge in [-0.25, -0.2) is 0 Å². The van der Waals surface area contributed by atoms with Crippen LogP contribution in [0.1, 0.15) is 24.7 Å². The number of rotatable bonds is 6. The van der Waals surface area contributed by atoms with Crippen molar-refractivity contribution in [3.05, 3.63) is 23.7 Å². The van der Waals surface area contributed by atoms with Gasteiger partial charge < -0.3 is 15.1 Å². The molecule has 0 saturated heterocycles. The van der Waals surface area contributed by atoms with E-state index >= 15 is 0 Å². The van der Waals surface area contributed by atoms with Gasteiger partial charge in [-0.3, -0.25) is 0 Å². The van der Waals surface area contributed by atoms with Crippen molar-refractivity contribution in [2.24, 2.45) is 11.7 Å². The quantitative estimate of drug-likeness (QED) is 0.781. The largest absolute Gasteiger partial charge is 0.469 e. The number of hydrogen-bond donors (Lipinski definition) is 1. The number of aryl methyl sites for hydroxylation is 1. The number of furan rings is 1.